The molecule has 1 N–H and O–H groups in total. The zero-order valence-electron chi connectivity index (χ0n) is 22.5. The Morgan fingerprint density at radius 3 is 2.24 bits per heavy atom. The molecule has 3 fully saturated rings. The van der Waals surface area contributed by atoms with E-state index in [-0.39, 0.29) is 55.4 Å². The predicted octanol–water partition coefficient (Wildman–Crippen LogP) is 3.05. The highest BCUT2D eigenvalue weighted by atomic mass is 19.2. The average molecular weight is 573 g/mol. The summed E-state index contributed by atoms with van der Waals surface area (Å²) in [5.41, 5.74) is 0.445. The van der Waals surface area contributed by atoms with Gasteiger partial charge >= 0.3 is 6.09 Å². The molecule has 5 rings (SSSR count). The van der Waals surface area contributed by atoms with Gasteiger partial charge in [0.1, 0.15) is 17.6 Å². The van der Waals surface area contributed by atoms with Gasteiger partial charge < -0.3 is 24.8 Å². The lowest BCUT2D eigenvalue weighted by molar-refractivity contribution is -0.146. The maximum absolute atomic E-state index is 14.2. The number of nitrogens with one attached hydrogen (secondary N) is 1. The van der Waals surface area contributed by atoms with Crippen molar-refractivity contribution in [1.82, 2.24) is 20.0 Å². The third-order valence-electron chi connectivity index (χ3n) is 8.15. The topological polar surface area (TPSA) is 99.3 Å². The summed E-state index contributed by atoms with van der Waals surface area (Å²) in [7, 11) is 0. The largest absolute Gasteiger partial charge is 0.415 e. The first-order valence-electron chi connectivity index (χ1n) is 13.7. The first kappa shape index (κ1) is 28.4. The second-order valence-electron chi connectivity index (χ2n) is 10.6. The third-order valence-corrected chi connectivity index (χ3v) is 8.15. The van der Waals surface area contributed by atoms with E-state index in [1.807, 2.05) is 0 Å². The minimum atomic E-state index is -1.03. The maximum Gasteiger partial charge on any atom is 0.415 e. The van der Waals surface area contributed by atoms with Crippen LogP contribution in [0.15, 0.2) is 42.5 Å². The van der Waals surface area contributed by atoms with Crippen LogP contribution in [0.3, 0.4) is 0 Å². The van der Waals surface area contributed by atoms with Crippen LogP contribution >= 0.6 is 0 Å². The zero-order valence-corrected chi connectivity index (χ0v) is 22.5. The van der Waals surface area contributed by atoms with Crippen molar-refractivity contribution in [1.29, 1.82) is 0 Å². The molecule has 12 heteroatoms. The first-order valence-corrected chi connectivity index (χ1v) is 13.7. The minimum Gasteiger partial charge on any atom is -0.410 e. The summed E-state index contributed by atoms with van der Waals surface area (Å²) in [5.74, 6) is -3.65. The molecule has 0 bridgehead atoms. The lowest BCUT2D eigenvalue weighted by atomic mass is 9.93. The quantitative estimate of drug-likeness (QED) is 0.537. The van der Waals surface area contributed by atoms with Crippen molar-refractivity contribution in [3.63, 3.8) is 0 Å². The molecule has 2 aromatic carbocycles. The van der Waals surface area contributed by atoms with Crippen molar-refractivity contribution in [2.24, 2.45) is 5.92 Å². The SMILES string of the molecule is CCN(C(=O)Oc1ccc(F)cc1)[C@@H]1CN(C(=O)C2CCN(C(=O)[C@@H]3CC(=O)N3)CC2)CC1c1ccc(F)c(F)c1. The van der Waals surface area contributed by atoms with E-state index in [0.29, 0.717) is 31.5 Å². The molecule has 0 radical (unpaired) electrons. The van der Waals surface area contributed by atoms with E-state index < -0.39 is 41.5 Å². The van der Waals surface area contributed by atoms with Crippen LogP contribution in [-0.2, 0) is 14.4 Å². The number of likely N-dealkylation sites (tertiary alicyclic amines) is 2. The average Bonchev–Trinajstić information content (AvgIpc) is 3.38. The molecular formula is C29H31F3N4O5. The number of β-lactam (4-membered cyclic amide) rings is 1. The van der Waals surface area contributed by atoms with Crippen LogP contribution in [0.2, 0.25) is 0 Å². The summed E-state index contributed by atoms with van der Waals surface area (Å²) < 4.78 is 46.8. The van der Waals surface area contributed by atoms with Gasteiger partial charge in [-0.15, -0.1) is 0 Å². The second kappa shape index (κ2) is 11.8. The lowest BCUT2D eigenvalue weighted by Crippen LogP contribution is -2.59. The molecule has 41 heavy (non-hydrogen) atoms. The van der Waals surface area contributed by atoms with E-state index in [4.69, 9.17) is 4.74 Å². The van der Waals surface area contributed by atoms with Gasteiger partial charge in [-0.25, -0.2) is 18.0 Å². The van der Waals surface area contributed by atoms with Crippen molar-refractivity contribution in [2.45, 2.75) is 44.2 Å². The number of amides is 4. The Labute approximate surface area is 235 Å². The fourth-order valence-corrected chi connectivity index (χ4v) is 5.85. The van der Waals surface area contributed by atoms with E-state index >= 15 is 0 Å². The Balaban J connectivity index is 1.30. The molecule has 3 aliphatic heterocycles. The molecule has 0 aliphatic carbocycles. The predicted molar refractivity (Wildman–Crippen MR) is 140 cm³/mol. The van der Waals surface area contributed by atoms with Gasteiger partial charge in [-0.05, 0) is 61.7 Å². The molecule has 0 aromatic heterocycles. The van der Waals surface area contributed by atoms with Crippen molar-refractivity contribution >= 4 is 23.8 Å². The van der Waals surface area contributed by atoms with Gasteiger partial charge in [0, 0.05) is 44.6 Å². The Kier molecular flexibility index (Phi) is 8.18. The lowest BCUT2D eigenvalue weighted by Gasteiger charge is -2.37. The summed E-state index contributed by atoms with van der Waals surface area (Å²) in [6.07, 6.45) is 0.370. The standard InChI is InChI=1S/C29H31F3N4O5/c1-2-36(29(40)41-20-6-4-19(30)5-7-20)25-16-35(15-21(25)18-3-8-22(31)23(32)13-18)27(38)17-9-11-34(12-10-17)28(39)24-14-26(37)33-24/h3-8,13,17,21,24-25H,2,9-12,14-16H2,1H3,(H,33,37)/t21?,24-,25+/m0/s1. The van der Waals surface area contributed by atoms with Crippen molar-refractivity contribution in [3.05, 3.63) is 65.5 Å². The monoisotopic (exact) mass is 572 g/mol. The number of hydrogen-bond donors (Lipinski definition) is 1. The Morgan fingerprint density at radius 1 is 0.951 bits per heavy atom. The van der Waals surface area contributed by atoms with Gasteiger partial charge in [0.2, 0.25) is 17.7 Å². The molecule has 2 aromatic rings. The van der Waals surface area contributed by atoms with Gasteiger partial charge in [-0.3, -0.25) is 14.4 Å². The van der Waals surface area contributed by atoms with Crippen molar-refractivity contribution < 1.29 is 37.1 Å². The normalized spacial score (nSPS) is 22.6. The van der Waals surface area contributed by atoms with Crippen molar-refractivity contribution in [2.75, 3.05) is 32.7 Å². The van der Waals surface area contributed by atoms with Gasteiger partial charge in [-0.1, -0.05) is 6.07 Å². The maximum atomic E-state index is 14.2. The number of nitrogens with zero attached hydrogens (tertiary/aromatic N) is 3. The molecular weight excluding hydrogens is 541 g/mol. The fourth-order valence-electron chi connectivity index (χ4n) is 5.85. The summed E-state index contributed by atoms with van der Waals surface area (Å²) in [4.78, 5) is 55.3. The molecule has 3 atom stereocenters. The number of carbonyl (C=O) groups excluding carboxylic acids is 4. The summed E-state index contributed by atoms with van der Waals surface area (Å²) in [6.45, 7) is 3.07. The molecule has 218 valence electrons. The van der Waals surface area contributed by atoms with Crippen LogP contribution in [-0.4, -0.2) is 83.3 Å². The Bertz CT molecular complexity index is 1320. The van der Waals surface area contributed by atoms with E-state index in [9.17, 15) is 32.3 Å². The smallest absolute Gasteiger partial charge is 0.410 e. The highest BCUT2D eigenvalue weighted by Crippen LogP contribution is 2.34. The first-order chi connectivity index (χ1) is 19.6. The fraction of sp³-hybridized carbons (Fsp3) is 0.448. The number of hydrogen-bond acceptors (Lipinski definition) is 5. The van der Waals surface area contributed by atoms with Gasteiger partial charge in [0.05, 0.1) is 12.5 Å². The molecule has 3 heterocycles. The summed E-state index contributed by atoms with van der Waals surface area (Å²) in [6, 6.07) is 7.46. The summed E-state index contributed by atoms with van der Waals surface area (Å²) >= 11 is 0. The van der Waals surface area contributed by atoms with Gasteiger partial charge in [0.15, 0.2) is 11.6 Å². The van der Waals surface area contributed by atoms with Crippen molar-refractivity contribution in [3.8, 4) is 5.75 Å². The number of ether oxygens (including phenoxy) is 1. The molecule has 3 aliphatic rings. The van der Waals surface area contributed by atoms with Crippen LogP contribution in [0.4, 0.5) is 18.0 Å². The van der Waals surface area contributed by atoms with Gasteiger partial charge in [-0.2, -0.15) is 0 Å². The Hall–Kier alpha value is -4.09. The zero-order chi connectivity index (χ0) is 29.3. The molecule has 0 saturated carbocycles. The number of carbonyl (C=O) groups is 4. The van der Waals surface area contributed by atoms with Crippen LogP contribution in [0.1, 0.15) is 37.7 Å². The number of likely N-dealkylation sites (N-methyl/N-ethyl adjacent to an activating group) is 1. The molecule has 3 saturated heterocycles. The van der Waals surface area contributed by atoms with Crippen LogP contribution in [0.25, 0.3) is 0 Å². The number of piperidine rings is 1. The van der Waals surface area contributed by atoms with E-state index in [1.165, 1.54) is 35.2 Å². The summed E-state index contributed by atoms with van der Waals surface area (Å²) in [5, 5.41) is 2.58. The Morgan fingerprint density at radius 2 is 1.63 bits per heavy atom. The van der Waals surface area contributed by atoms with Crippen LogP contribution in [0, 0.1) is 23.4 Å². The third kappa shape index (κ3) is 6.01. The van der Waals surface area contributed by atoms with E-state index in [1.54, 1.807) is 16.7 Å². The molecule has 9 nitrogen and oxygen atoms in total. The molecule has 1 unspecified atom stereocenters. The van der Waals surface area contributed by atoms with E-state index in [2.05, 4.69) is 5.32 Å². The highest BCUT2D eigenvalue weighted by Gasteiger charge is 2.44. The number of benzene rings is 2. The number of halogens is 3. The highest BCUT2D eigenvalue weighted by molar-refractivity contribution is 5.97. The van der Waals surface area contributed by atoms with Gasteiger partial charge in [0.25, 0.3) is 0 Å². The van der Waals surface area contributed by atoms with Crippen LogP contribution in [0.5, 0.6) is 5.75 Å². The molecule has 4 amide bonds. The molecule has 0 spiro atoms. The minimum absolute atomic E-state index is 0.132. The number of rotatable bonds is 6. The van der Waals surface area contributed by atoms with E-state index in [0.717, 1.165) is 12.1 Å². The second-order valence-corrected chi connectivity index (χ2v) is 10.6. The van der Waals surface area contributed by atoms with Crippen LogP contribution < -0.4 is 10.1 Å².